The van der Waals surface area contributed by atoms with Crippen LogP contribution < -0.4 is 16.0 Å². The van der Waals surface area contributed by atoms with Crippen LogP contribution in [0.25, 0.3) is 11.3 Å². The molecule has 2 aliphatic heterocycles. The number of likely N-dealkylation sites (tertiary alicyclic amines) is 1. The Labute approximate surface area is 210 Å². The molecular weight excluding hydrogens is 452 g/mol. The largest absolute Gasteiger partial charge is 0.395 e. The zero-order valence-electron chi connectivity index (χ0n) is 20.1. The molecule has 0 bridgehead atoms. The second kappa shape index (κ2) is 10.8. The molecule has 0 unspecified atom stereocenters. The summed E-state index contributed by atoms with van der Waals surface area (Å²) < 4.78 is 0. The van der Waals surface area contributed by atoms with E-state index in [0.717, 1.165) is 36.4 Å². The van der Waals surface area contributed by atoms with Crippen LogP contribution in [0.5, 0.6) is 0 Å². The molecular formula is C29H30N4O3. The molecule has 7 heteroatoms. The maximum absolute atomic E-state index is 13.2. The van der Waals surface area contributed by atoms with Crippen molar-refractivity contribution in [3.8, 4) is 0 Å². The number of amides is 2. The van der Waals surface area contributed by atoms with Gasteiger partial charge in [0.15, 0.2) is 0 Å². The Balaban J connectivity index is 1.47. The fraction of sp³-hybridized carbons (Fsp3) is 0.241. The summed E-state index contributed by atoms with van der Waals surface area (Å²) in [4.78, 5) is 28.0. The van der Waals surface area contributed by atoms with Gasteiger partial charge in [0.25, 0.3) is 11.8 Å². The lowest BCUT2D eigenvalue weighted by atomic mass is 9.98. The third-order valence-electron chi connectivity index (χ3n) is 6.56. The van der Waals surface area contributed by atoms with E-state index in [4.69, 9.17) is 5.11 Å². The number of aliphatic hydroxyl groups excluding tert-OH is 1. The topological polar surface area (TPSA) is 93.7 Å². The Hall–Kier alpha value is -3.94. The Morgan fingerprint density at radius 3 is 2.42 bits per heavy atom. The molecule has 0 aliphatic carbocycles. The Morgan fingerprint density at radius 2 is 1.69 bits per heavy atom. The highest BCUT2D eigenvalue weighted by atomic mass is 16.3. The second-order valence-electron chi connectivity index (χ2n) is 9.12. The Kier molecular flexibility index (Phi) is 7.11. The molecule has 0 atom stereocenters. The fourth-order valence-electron chi connectivity index (χ4n) is 4.75. The lowest BCUT2D eigenvalue weighted by molar-refractivity contribution is -0.110. The van der Waals surface area contributed by atoms with Gasteiger partial charge in [0.05, 0.1) is 17.9 Å². The number of hydrogen-bond donors (Lipinski definition) is 4. The predicted molar refractivity (Wildman–Crippen MR) is 142 cm³/mol. The van der Waals surface area contributed by atoms with Gasteiger partial charge in [0.1, 0.15) is 0 Å². The average Bonchev–Trinajstić information content (AvgIpc) is 3.53. The molecule has 7 nitrogen and oxygen atoms in total. The molecule has 2 aliphatic rings. The van der Waals surface area contributed by atoms with Crippen molar-refractivity contribution in [1.82, 2.24) is 10.2 Å². The van der Waals surface area contributed by atoms with Crippen LogP contribution in [0.2, 0.25) is 0 Å². The summed E-state index contributed by atoms with van der Waals surface area (Å²) in [5, 5.41) is 18.0. The van der Waals surface area contributed by atoms with E-state index < -0.39 is 0 Å². The minimum Gasteiger partial charge on any atom is -0.395 e. The number of carbonyl (C=O) groups excluding carboxylic acids is 2. The van der Waals surface area contributed by atoms with Gasteiger partial charge in [0.2, 0.25) is 0 Å². The van der Waals surface area contributed by atoms with E-state index in [1.165, 1.54) is 18.4 Å². The molecule has 184 valence electrons. The number of hydrogen-bond acceptors (Lipinski definition) is 5. The van der Waals surface area contributed by atoms with E-state index >= 15 is 0 Å². The number of nitrogens with zero attached hydrogens (tertiary/aromatic N) is 1. The molecule has 36 heavy (non-hydrogen) atoms. The number of benzene rings is 3. The van der Waals surface area contributed by atoms with Crippen LogP contribution in [0.3, 0.4) is 0 Å². The van der Waals surface area contributed by atoms with Crippen LogP contribution in [0.1, 0.15) is 39.9 Å². The van der Waals surface area contributed by atoms with Crippen LogP contribution in [-0.4, -0.2) is 48.1 Å². The average molecular weight is 483 g/mol. The number of aliphatic hydroxyl groups is 1. The summed E-state index contributed by atoms with van der Waals surface area (Å²) in [5.41, 5.74) is 6.03. The van der Waals surface area contributed by atoms with E-state index in [0.29, 0.717) is 22.5 Å². The third-order valence-corrected chi connectivity index (χ3v) is 6.56. The molecule has 3 aromatic rings. The first kappa shape index (κ1) is 23.8. The molecule has 0 spiro atoms. The van der Waals surface area contributed by atoms with Crippen LogP contribution in [-0.2, 0) is 11.3 Å². The van der Waals surface area contributed by atoms with Crippen molar-refractivity contribution in [3.63, 3.8) is 0 Å². The standard InChI is InChI=1S/C29H30N4O3/c34-17-14-30-28(35)22-10-13-24-25(18-22)32-29(36)26(24)27(21-6-2-1-3-7-21)31-23-11-8-20(9-12-23)19-33-15-4-5-16-33/h1-3,6-13,18,31,34H,4-5,14-17,19H2,(H,30,35)(H,32,36)/b27-26-. The molecule has 0 aromatic heterocycles. The van der Waals surface area contributed by atoms with E-state index in [-0.39, 0.29) is 25.0 Å². The maximum Gasteiger partial charge on any atom is 0.258 e. The number of nitrogens with one attached hydrogen (secondary N) is 3. The number of fused-ring (bicyclic) bond motifs is 1. The smallest absolute Gasteiger partial charge is 0.258 e. The van der Waals surface area contributed by atoms with Crippen LogP contribution in [0, 0.1) is 0 Å². The second-order valence-corrected chi connectivity index (χ2v) is 9.12. The minimum absolute atomic E-state index is 0.133. The lowest BCUT2D eigenvalue weighted by Gasteiger charge is -2.17. The zero-order chi connectivity index (χ0) is 24.9. The first-order chi connectivity index (χ1) is 17.6. The highest BCUT2D eigenvalue weighted by molar-refractivity contribution is 6.37. The number of anilines is 2. The Bertz CT molecular complexity index is 1280. The van der Waals surface area contributed by atoms with Gasteiger partial charge in [0, 0.05) is 35.6 Å². The summed E-state index contributed by atoms with van der Waals surface area (Å²) in [7, 11) is 0. The zero-order valence-corrected chi connectivity index (χ0v) is 20.1. The quantitative estimate of drug-likeness (QED) is 0.365. The van der Waals surface area contributed by atoms with E-state index in [1.807, 2.05) is 30.3 Å². The van der Waals surface area contributed by atoms with E-state index in [2.05, 4.69) is 45.1 Å². The molecule has 0 radical (unpaired) electrons. The summed E-state index contributed by atoms with van der Waals surface area (Å²) in [5.74, 6) is -0.524. The highest BCUT2D eigenvalue weighted by Gasteiger charge is 2.29. The normalized spacial score (nSPS) is 16.4. The van der Waals surface area contributed by atoms with Crippen molar-refractivity contribution in [2.45, 2.75) is 19.4 Å². The third kappa shape index (κ3) is 5.17. The van der Waals surface area contributed by atoms with Gasteiger partial charge in [-0.25, -0.2) is 0 Å². The van der Waals surface area contributed by atoms with Gasteiger partial charge in [-0.15, -0.1) is 0 Å². The molecule has 3 aromatic carbocycles. The van der Waals surface area contributed by atoms with Gasteiger partial charge in [-0.3, -0.25) is 14.5 Å². The first-order valence-corrected chi connectivity index (χ1v) is 12.4. The first-order valence-electron chi connectivity index (χ1n) is 12.4. The van der Waals surface area contributed by atoms with Crippen molar-refractivity contribution in [1.29, 1.82) is 0 Å². The van der Waals surface area contributed by atoms with Crippen LogP contribution in [0.4, 0.5) is 11.4 Å². The highest BCUT2D eigenvalue weighted by Crippen LogP contribution is 2.38. The maximum atomic E-state index is 13.2. The Morgan fingerprint density at radius 1 is 0.944 bits per heavy atom. The van der Waals surface area contributed by atoms with Crippen molar-refractivity contribution in [2.24, 2.45) is 0 Å². The molecule has 1 fully saturated rings. The van der Waals surface area contributed by atoms with Crippen molar-refractivity contribution < 1.29 is 14.7 Å². The predicted octanol–water partition coefficient (Wildman–Crippen LogP) is 3.94. The molecule has 5 rings (SSSR count). The molecule has 2 amide bonds. The van der Waals surface area contributed by atoms with Crippen molar-refractivity contribution in [2.75, 3.05) is 36.9 Å². The van der Waals surface area contributed by atoms with E-state index in [9.17, 15) is 9.59 Å². The monoisotopic (exact) mass is 482 g/mol. The summed E-state index contributed by atoms with van der Waals surface area (Å²) in [6.07, 6.45) is 2.54. The molecule has 2 heterocycles. The summed E-state index contributed by atoms with van der Waals surface area (Å²) in [6.45, 7) is 3.31. The number of carbonyl (C=O) groups is 2. The SMILES string of the molecule is O=C1Nc2cc(C(=O)NCCO)ccc2/C1=C(/Nc1ccc(CN2CCCC2)cc1)c1ccccc1. The minimum atomic E-state index is -0.297. The summed E-state index contributed by atoms with van der Waals surface area (Å²) in [6, 6.07) is 23.3. The summed E-state index contributed by atoms with van der Waals surface area (Å²) >= 11 is 0. The van der Waals surface area contributed by atoms with Gasteiger partial charge < -0.3 is 21.1 Å². The van der Waals surface area contributed by atoms with Crippen LogP contribution in [0.15, 0.2) is 72.8 Å². The molecule has 1 saturated heterocycles. The van der Waals surface area contributed by atoms with Gasteiger partial charge in [-0.2, -0.15) is 0 Å². The van der Waals surface area contributed by atoms with Crippen molar-refractivity contribution in [3.05, 3.63) is 95.1 Å². The molecule has 0 saturated carbocycles. The van der Waals surface area contributed by atoms with Gasteiger partial charge >= 0.3 is 0 Å². The molecule has 4 N–H and O–H groups in total. The van der Waals surface area contributed by atoms with Gasteiger partial charge in [-0.1, -0.05) is 48.5 Å². The van der Waals surface area contributed by atoms with Crippen LogP contribution >= 0.6 is 0 Å². The number of rotatable bonds is 8. The van der Waals surface area contributed by atoms with Crippen molar-refractivity contribution >= 4 is 34.5 Å². The lowest BCUT2D eigenvalue weighted by Crippen LogP contribution is -2.26. The fourth-order valence-corrected chi connectivity index (χ4v) is 4.75. The van der Waals surface area contributed by atoms with E-state index in [1.54, 1.807) is 18.2 Å². The van der Waals surface area contributed by atoms with Gasteiger partial charge in [-0.05, 0) is 61.3 Å².